The molecular weight excluding hydrogens is 232 g/mol. The van der Waals surface area contributed by atoms with E-state index in [1.54, 1.807) is 7.11 Å². The molecule has 0 amide bonds. The Morgan fingerprint density at radius 2 is 2.06 bits per heavy atom. The lowest BCUT2D eigenvalue weighted by Crippen LogP contribution is -2.33. The molecule has 0 bridgehead atoms. The highest BCUT2D eigenvalue weighted by atomic mass is 16.5. The molecule has 18 heavy (non-hydrogen) atoms. The van der Waals surface area contributed by atoms with Crippen LogP contribution in [0, 0.1) is 0 Å². The van der Waals surface area contributed by atoms with Crippen molar-refractivity contribution in [2.24, 2.45) is 5.73 Å². The van der Waals surface area contributed by atoms with Gasteiger partial charge < -0.3 is 20.7 Å². The summed E-state index contributed by atoms with van der Waals surface area (Å²) in [4.78, 5) is 2.00. The van der Waals surface area contributed by atoms with E-state index in [1.807, 2.05) is 29.2 Å². The zero-order chi connectivity index (χ0) is 13.1. The molecule has 5 nitrogen and oxygen atoms in total. The number of likely N-dealkylation sites (tertiary alicyclic amines) is 1. The summed E-state index contributed by atoms with van der Waals surface area (Å²) >= 11 is 0. The number of hydrogen-bond acceptors (Lipinski definition) is 5. The Bertz CT molecular complexity index is 390. The van der Waals surface area contributed by atoms with Crippen molar-refractivity contribution in [3.8, 4) is 5.75 Å². The maximum atomic E-state index is 9.60. The second-order valence-corrected chi connectivity index (χ2v) is 4.62. The molecule has 1 aromatic rings. The van der Waals surface area contributed by atoms with Crippen molar-refractivity contribution in [2.75, 3.05) is 26.7 Å². The normalized spacial score (nSPS) is 26.2. The van der Waals surface area contributed by atoms with E-state index in [0.717, 1.165) is 11.3 Å². The Morgan fingerprint density at radius 1 is 1.39 bits per heavy atom. The van der Waals surface area contributed by atoms with Gasteiger partial charge in [-0.3, -0.25) is 4.90 Å². The molecule has 100 valence electrons. The van der Waals surface area contributed by atoms with E-state index >= 15 is 0 Å². The molecule has 0 aromatic heterocycles. The van der Waals surface area contributed by atoms with E-state index in [2.05, 4.69) is 0 Å². The minimum absolute atomic E-state index is 0.00750. The maximum Gasteiger partial charge on any atom is 0.119 e. The topological polar surface area (TPSA) is 79.0 Å². The predicted octanol–water partition coefficient (Wildman–Crippen LogP) is -0.268. The van der Waals surface area contributed by atoms with Crippen molar-refractivity contribution in [1.29, 1.82) is 0 Å². The molecule has 1 heterocycles. The standard InChI is InChI=1S/C13H20N2O3/c1-18-10-4-2-3-9(5-10)11(6-14)15-7-12(16)13(17)8-15/h2-5,11-13,16-17H,6-8,14H2,1H3. The first-order chi connectivity index (χ1) is 8.65. The number of aliphatic hydroxyl groups excluding tert-OH is 2. The zero-order valence-corrected chi connectivity index (χ0v) is 10.5. The third-order valence-electron chi connectivity index (χ3n) is 3.43. The average molecular weight is 252 g/mol. The number of benzene rings is 1. The van der Waals surface area contributed by atoms with Crippen LogP contribution in [0.3, 0.4) is 0 Å². The largest absolute Gasteiger partial charge is 0.497 e. The molecule has 3 unspecified atom stereocenters. The molecule has 0 spiro atoms. The fourth-order valence-corrected chi connectivity index (χ4v) is 2.40. The number of rotatable bonds is 4. The van der Waals surface area contributed by atoms with E-state index in [4.69, 9.17) is 10.5 Å². The Labute approximate surface area is 107 Å². The second-order valence-electron chi connectivity index (χ2n) is 4.62. The van der Waals surface area contributed by atoms with E-state index in [-0.39, 0.29) is 6.04 Å². The lowest BCUT2D eigenvalue weighted by molar-refractivity contribution is 0.0572. The minimum Gasteiger partial charge on any atom is -0.497 e. The average Bonchev–Trinajstić information content (AvgIpc) is 2.70. The van der Waals surface area contributed by atoms with Gasteiger partial charge in [0, 0.05) is 25.7 Å². The van der Waals surface area contributed by atoms with Crippen molar-refractivity contribution in [3.05, 3.63) is 29.8 Å². The number of β-amino-alcohol motifs (C(OH)–C–C–N with tert-alkyl or cyclic N) is 2. The summed E-state index contributed by atoms with van der Waals surface area (Å²) in [6.45, 7) is 1.33. The van der Waals surface area contributed by atoms with Crippen LogP contribution < -0.4 is 10.5 Å². The molecule has 1 saturated heterocycles. The second kappa shape index (κ2) is 5.67. The molecule has 1 fully saturated rings. The highest BCUT2D eigenvalue weighted by Gasteiger charge is 2.33. The summed E-state index contributed by atoms with van der Waals surface area (Å²) < 4.78 is 5.20. The van der Waals surface area contributed by atoms with Crippen molar-refractivity contribution in [3.63, 3.8) is 0 Å². The zero-order valence-electron chi connectivity index (χ0n) is 10.5. The third-order valence-corrected chi connectivity index (χ3v) is 3.43. The van der Waals surface area contributed by atoms with Crippen LogP contribution in [-0.2, 0) is 0 Å². The summed E-state index contributed by atoms with van der Waals surface area (Å²) in [5.74, 6) is 0.784. The summed E-state index contributed by atoms with van der Waals surface area (Å²) in [5, 5.41) is 19.2. The van der Waals surface area contributed by atoms with Gasteiger partial charge >= 0.3 is 0 Å². The number of ether oxygens (including phenoxy) is 1. The van der Waals surface area contributed by atoms with Crippen LogP contribution in [0.5, 0.6) is 5.75 Å². The van der Waals surface area contributed by atoms with Crippen molar-refractivity contribution < 1.29 is 14.9 Å². The molecule has 1 aromatic carbocycles. The van der Waals surface area contributed by atoms with Gasteiger partial charge in [0.2, 0.25) is 0 Å². The Kier molecular flexibility index (Phi) is 4.19. The molecule has 4 N–H and O–H groups in total. The monoisotopic (exact) mass is 252 g/mol. The summed E-state index contributed by atoms with van der Waals surface area (Å²) in [6, 6.07) is 7.71. The van der Waals surface area contributed by atoms with Crippen LogP contribution >= 0.6 is 0 Å². The van der Waals surface area contributed by atoms with Gasteiger partial charge in [-0.25, -0.2) is 0 Å². The van der Waals surface area contributed by atoms with Crippen LogP contribution in [-0.4, -0.2) is 54.1 Å². The molecule has 1 aliphatic heterocycles. The first-order valence-corrected chi connectivity index (χ1v) is 6.10. The molecule has 5 heteroatoms. The number of nitrogens with two attached hydrogens (primary N) is 1. The molecule has 0 aliphatic carbocycles. The Balaban J connectivity index is 2.17. The summed E-state index contributed by atoms with van der Waals surface area (Å²) in [5.41, 5.74) is 6.86. The molecule has 3 atom stereocenters. The SMILES string of the molecule is COc1cccc(C(CN)N2CC(O)C(O)C2)c1. The highest BCUT2D eigenvalue weighted by molar-refractivity contribution is 5.31. The van der Waals surface area contributed by atoms with Crippen LogP contribution in [0.15, 0.2) is 24.3 Å². The van der Waals surface area contributed by atoms with Gasteiger partial charge in [-0.05, 0) is 17.7 Å². The van der Waals surface area contributed by atoms with Crippen molar-refractivity contribution >= 4 is 0 Å². The van der Waals surface area contributed by atoms with Gasteiger partial charge in [-0.2, -0.15) is 0 Å². The Hall–Kier alpha value is -1.14. The van der Waals surface area contributed by atoms with Gasteiger partial charge in [-0.15, -0.1) is 0 Å². The van der Waals surface area contributed by atoms with Gasteiger partial charge in [0.05, 0.1) is 19.3 Å². The van der Waals surface area contributed by atoms with Crippen LogP contribution in [0.4, 0.5) is 0 Å². The van der Waals surface area contributed by atoms with Crippen LogP contribution in [0.1, 0.15) is 11.6 Å². The fraction of sp³-hybridized carbons (Fsp3) is 0.538. The third kappa shape index (κ3) is 2.64. The lowest BCUT2D eigenvalue weighted by atomic mass is 10.1. The number of nitrogens with zero attached hydrogens (tertiary/aromatic N) is 1. The van der Waals surface area contributed by atoms with E-state index in [1.165, 1.54) is 0 Å². The number of methoxy groups -OCH3 is 1. The van der Waals surface area contributed by atoms with Gasteiger partial charge in [0.15, 0.2) is 0 Å². The first kappa shape index (κ1) is 13.3. The maximum absolute atomic E-state index is 9.60. The van der Waals surface area contributed by atoms with E-state index in [0.29, 0.717) is 19.6 Å². The van der Waals surface area contributed by atoms with Gasteiger partial charge in [0.25, 0.3) is 0 Å². The lowest BCUT2D eigenvalue weighted by Gasteiger charge is -2.26. The fourth-order valence-electron chi connectivity index (χ4n) is 2.40. The first-order valence-electron chi connectivity index (χ1n) is 6.10. The number of aliphatic hydroxyl groups is 2. The highest BCUT2D eigenvalue weighted by Crippen LogP contribution is 2.26. The Morgan fingerprint density at radius 3 is 2.61 bits per heavy atom. The van der Waals surface area contributed by atoms with Crippen molar-refractivity contribution in [1.82, 2.24) is 4.90 Å². The quantitative estimate of drug-likeness (QED) is 0.687. The van der Waals surface area contributed by atoms with E-state index < -0.39 is 12.2 Å². The molecule has 2 rings (SSSR count). The van der Waals surface area contributed by atoms with Gasteiger partial charge in [0.1, 0.15) is 5.75 Å². The van der Waals surface area contributed by atoms with Gasteiger partial charge in [-0.1, -0.05) is 12.1 Å². The molecule has 0 radical (unpaired) electrons. The van der Waals surface area contributed by atoms with Crippen LogP contribution in [0.25, 0.3) is 0 Å². The molecule has 0 saturated carbocycles. The smallest absolute Gasteiger partial charge is 0.119 e. The van der Waals surface area contributed by atoms with Crippen LogP contribution in [0.2, 0.25) is 0 Å². The molecule has 1 aliphatic rings. The van der Waals surface area contributed by atoms with E-state index in [9.17, 15) is 10.2 Å². The summed E-state index contributed by atoms with van der Waals surface area (Å²) in [7, 11) is 1.62. The molecular formula is C13H20N2O3. The number of hydrogen-bond donors (Lipinski definition) is 3. The van der Waals surface area contributed by atoms with Crippen molar-refractivity contribution in [2.45, 2.75) is 18.2 Å². The minimum atomic E-state index is -0.690. The predicted molar refractivity (Wildman–Crippen MR) is 68.4 cm³/mol. The summed E-state index contributed by atoms with van der Waals surface area (Å²) in [6.07, 6.45) is -1.38.